The van der Waals surface area contributed by atoms with Crippen molar-refractivity contribution in [1.82, 2.24) is 20.1 Å². The van der Waals surface area contributed by atoms with Gasteiger partial charge in [-0.25, -0.2) is 4.98 Å². The van der Waals surface area contributed by atoms with Gasteiger partial charge in [-0.15, -0.1) is 0 Å². The van der Waals surface area contributed by atoms with Crippen LogP contribution in [0.25, 0.3) is 0 Å². The van der Waals surface area contributed by atoms with Gasteiger partial charge in [-0.05, 0) is 51.7 Å². The summed E-state index contributed by atoms with van der Waals surface area (Å²) in [5.74, 6) is 0.423. The third-order valence-corrected chi connectivity index (χ3v) is 5.11. The van der Waals surface area contributed by atoms with Gasteiger partial charge in [-0.2, -0.15) is 5.10 Å². The summed E-state index contributed by atoms with van der Waals surface area (Å²) in [6.07, 6.45) is 7.44. The monoisotopic (exact) mass is 375 g/mol. The van der Waals surface area contributed by atoms with E-state index in [2.05, 4.69) is 26.8 Å². The van der Waals surface area contributed by atoms with Crippen molar-refractivity contribution in [2.75, 3.05) is 5.32 Å². The highest BCUT2D eigenvalue weighted by molar-refractivity contribution is 6.29. The van der Waals surface area contributed by atoms with Crippen LogP contribution in [-0.2, 0) is 7.05 Å². The molecule has 0 aliphatic heterocycles. The first-order valence-corrected chi connectivity index (χ1v) is 9.52. The summed E-state index contributed by atoms with van der Waals surface area (Å²) in [7, 11) is 1.99. The molecule has 1 aliphatic carbocycles. The van der Waals surface area contributed by atoms with Crippen LogP contribution in [0.2, 0.25) is 5.15 Å². The van der Waals surface area contributed by atoms with Gasteiger partial charge in [0.25, 0.3) is 5.91 Å². The summed E-state index contributed by atoms with van der Waals surface area (Å²) in [6.45, 7) is 4.05. The quantitative estimate of drug-likeness (QED) is 0.781. The molecule has 1 aliphatic rings. The number of carbonyl (C=O) groups is 1. The summed E-state index contributed by atoms with van der Waals surface area (Å²) in [6, 6.07) is 4.19. The van der Waals surface area contributed by atoms with Crippen molar-refractivity contribution in [1.29, 1.82) is 0 Å². The van der Waals surface area contributed by atoms with Crippen molar-refractivity contribution in [3.8, 4) is 0 Å². The molecule has 0 radical (unpaired) electrons. The number of rotatable bonds is 5. The Balaban J connectivity index is 1.62. The number of amides is 1. The smallest absolute Gasteiger partial charge is 0.255 e. The number of nitrogens with zero attached hydrogens (tertiary/aromatic N) is 3. The third kappa shape index (κ3) is 4.36. The second kappa shape index (κ2) is 8.08. The molecular formula is C19H26ClN5O. The zero-order valence-corrected chi connectivity index (χ0v) is 16.3. The second-order valence-corrected chi connectivity index (χ2v) is 7.64. The molecule has 7 heteroatoms. The Bertz CT molecular complexity index is 765. The standard InChI is InChI=1S/C19H26ClN5O/c1-12(2)23-16-10-18(20)21-11-15(16)19(26)24-14-6-4-13(5-7-14)17-8-9-22-25(17)3/h8-14H,4-7H2,1-3H3,(H,21,23)(H,24,26). The van der Waals surface area contributed by atoms with Crippen LogP contribution in [0.5, 0.6) is 0 Å². The van der Waals surface area contributed by atoms with E-state index in [1.54, 1.807) is 12.3 Å². The molecule has 140 valence electrons. The number of nitrogens with one attached hydrogen (secondary N) is 2. The predicted octanol–water partition coefficient (Wildman–Crippen LogP) is 3.75. The molecule has 2 heterocycles. The maximum atomic E-state index is 12.7. The molecule has 1 amide bonds. The highest BCUT2D eigenvalue weighted by Gasteiger charge is 2.26. The Morgan fingerprint density at radius 1 is 1.31 bits per heavy atom. The Kier molecular flexibility index (Phi) is 5.81. The van der Waals surface area contributed by atoms with Crippen molar-refractivity contribution in [2.24, 2.45) is 7.05 Å². The van der Waals surface area contributed by atoms with Crippen LogP contribution in [0.1, 0.15) is 61.5 Å². The van der Waals surface area contributed by atoms with Gasteiger partial charge in [0.05, 0.1) is 11.3 Å². The van der Waals surface area contributed by atoms with Gasteiger partial charge in [0.15, 0.2) is 0 Å². The Morgan fingerprint density at radius 3 is 2.65 bits per heavy atom. The van der Waals surface area contributed by atoms with Crippen LogP contribution in [0.15, 0.2) is 24.5 Å². The van der Waals surface area contributed by atoms with E-state index in [1.807, 2.05) is 31.8 Å². The number of carbonyl (C=O) groups excluding carboxylic acids is 1. The molecule has 3 rings (SSSR count). The van der Waals surface area contributed by atoms with Crippen LogP contribution in [0.4, 0.5) is 5.69 Å². The Hall–Kier alpha value is -2.08. The molecule has 0 spiro atoms. The minimum atomic E-state index is -0.0960. The van der Waals surface area contributed by atoms with Gasteiger partial charge in [-0.3, -0.25) is 9.48 Å². The van der Waals surface area contributed by atoms with Crippen LogP contribution in [-0.4, -0.2) is 32.8 Å². The highest BCUT2D eigenvalue weighted by atomic mass is 35.5. The maximum absolute atomic E-state index is 12.7. The van der Waals surface area contributed by atoms with Gasteiger partial charge in [0.1, 0.15) is 5.15 Å². The van der Waals surface area contributed by atoms with E-state index in [1.165, 1.54) is 5.69 Å². The van der Waals surface area contributed by atoms with Crippen LogP contribution >= 0.6 is 11.6 Å². The number of aryl methyl sites for hydroxylation is 1. The molecule has 0 saturated heterocycles. The van der Waals surface area contributed by atoms with Crippen LogP contribution in [0, 0.1) is 0 Å². The molecular weight excluding hydrogens is 350 g/mol. The van der Waals surface area contributed by atoms with Gasteiger partial charge in [0, 0.05) is 43.1 Å². The molecule has 26 heavy (non-hydrogen) atoms. The van der Waals surface area contributed by atoms with E-state index in [0.29, 0.717) is 16.6 Å². The fourth-order valence-electron chi connectivity index (χ4n) is 3.62. The average Bonchev–Trinajstić information content (AvgIpc) is 3.01. The van der Waals surface area contributed by atoms with Gasteiger partial charge >= 0.3 is 0 Å². The molecule has 2 aromatic heterocycles. The minimum absolute atomic E-state index is 0.0960. The average molecular weight is 376 g/mol. The van der Waals surface area contributed by atoms with Gasteiger partial charge < -0.3 is 10.6 Å². The van der Waals surface area contributed by atoms with E-state index in [9.17, 15) is 4.79 Å². The lowest BCUT2D eigenvalue weighted by Crippen LogP contribution is -2.38. The molecule has 1 fully saturated rings. The first kappa shape index (κ1) is 18.7. The number of pyridine rings is 1. The number of anilines is 1. The Labute approximate surface area is 159 Å². The molecule has 2 N–H and O–H groups in total. The third-order valence-electron chi connectivity index (χ3n) is 4.90. The lowest BCUT2D eigenvalue weighted by atomic mass is 9.84. The van der Waals surface area contributed by atoms with Crippen molar-refractivity contribution in [2.45, 2.75) is 57.5 Å². The second-order valence-electron chi connectivity index (χ2n) is 7.25. The van der Waals surface area contributed by atoms with Crippen molar-refractivity contribution in [3.63, 3.8) is 0 Å². The SMILES string of the molecule is CC(C)Nc1cc(Cl)ncc1C(=O)NC1CCC(c2ccnn2C)CC1. The van der Waals surface area contributed by atoms with E-state index in [4.69, 9.17) is 11.6 Å². The van der Waals surface area contributed by atoms with Crippen molar-refractivity contribution >= 4 is 23.2 Å². The fraction of sp³-hybridized carbons (Fsp3) is 0.526. The zero-order chi connectivity index (χ0) is 18.7. The van der Waals surface area contributed by atoms with E-state index in [-0.39, 0.29) is 18.0 Å². The zero-order valence-electron chi connectivity index (χ0n) is 15.5. The lowest BCUT2D eigenvalue weighted by Gasteiger charge is -2.29. The summed E-state index contributed by atoms with van der Waals surface area (Å²) in [5, 5.41) is 11.1. The molecule has 1 saturated carbocycles. The minimum Gasteiger partial charge on any atom is -0.382 e. The summed E-state index contributed by atoms with van der Waals surface area (Å²) in [5.41, 5.74) is 2.54. The highest BCUT2D eigenvalue weighted by Crippen LogP contribution is 2.32. The summed E-state index contributed by atoms with van der Waals surface area (Å²) < 4.78 is 1.95. The predicted molar refractivity (Wildman–Crippen MR) is 104 cm³/mol. The topological polar surface area (TPSA) is 71.8 Å². The number of hydrogen-bond acceptors (Lipinski definition) is 4. The molecule has 0 bridgehead atoms. The van der Waals surface area contributed by atoms with E-state index < -0.39 is 0 Å². The molecule has 0 atom stereocenters. The summed E-state index contributed by atoms with van der Waals surface area (Å²) in [4.78, 5) is 16.8. The van der Waals surface area contributed by atoms with Crippen molar-refractivity contribution < 1.29 is 4.79 Å². The maximum Gasteiger partial charge on any atom is 0.255 e. The molecule has 2 aromatic rings. The van der Waals surface area contributed by atoms with Crippen LogP contribution in [0.3, 0.4) is 0 Å². The molecule has 0 unspecified atom stereocenters. The van der Waals surface area contributed by atoms with Crippen molar-refractivity contribution in [3.05, 3.63) is 40.9 Å². The fourth-order valence-corrected chi connectivity index (χ4v) is 3.78. The van der Waals surface area contributed by atoms with Gasteiger partial charge in [0.2, 0.25) is 0 Å². The molecule has 6 nitrogen and oxygen atoms in total. The first-order valence-electron chi connectivity index (χ1n) is 9.15. The lowest BCUT2D eigenvalue weighted by molar-refractivity contribution is 0.0926. The van der Waals surface area contributed by atoms with E-state index >= 15 is 0 Å². The first-order chi connectivity index (χ1) is 12.4. The van der Waals surface area contributed by atoms with Gasteiger partial charge in [-0.1, -0.05) is 11.6 Å². The largest absolute Gasteiger partial charge is 0.382 e. The number of halogens is 1. The number of hydrogen-bond donors (Lipinski definition) is 2. The number of aromatic nitrogens is 3. The van der Waals surface area contributed by atoms with Crippen LogP contribution < -0.4 is 10.6 Å². The summed E-state index contributed by atoms with van der Waals surface area (Å²) >= 11 is 5.98. The van der Waals surface area contributed by atoms with E-state index in [0.717, 1.165) is 31.4 Å². The molecule has 0 aromatic carbocycles. The normalized spacial score (nSPS) is 20.2. The Morgan fingerprint density at radius 2 is 2.04 bits per heavy atom.